The van der Waals surface area contributed by atoms with Gasteiger partial charge < -0.3 is 5.73 Å². The van der Waals surface area contributed by atoms with Crippen LogP contribution in [0.25, 0.3) is 0 Å². The van der Waals surface area contributed by atoms with E-state index in [1.807, 2.05) is 18.2 Å². The van der Waals surface area contributed by atoms with Gasteiger partial charge in [0.05, 0.1) is 0 Å². The zero-order valence-electron chi connectivity index (χ0n) is 10.8. The second kappa shape index (κ2) is 5.87. The first-order valence-corrected chi connectivity index (χ1v) is 7.52. The predicted octanol–water partition coefficient (Wildman–Crippen LogP) is 4.43. The second-order valence-corrected chi connectivity index (χ2v) is 6.07. The van der Waals surface area contributed by atoms with Crippen molar-refractivity contribution in [2.75, 3.05) is 5.73 Å². The molecule has 2 rings (SSSR count). The number of carbonyl (C=O) groups is 1. The lowest BCUT2D eigenvalue weighted by atomic mass is 9.74. The third-order valence-electron chi connectivity index (χ3n) is 4.05. The van der Waals surface area contributed by atoms with Crippen LogP contribution in [0.3, 0.4) is 0 Å². The monoisotopic (exact) mass is 309 g/mol. The summed E-state index contributed by atoms with van der Waals surface area (Å²) in [6.45, 7) is 2.18. The summed E-state index contributed by atoms with van der Waals surface area (Å²) in [4.78, 5) is 12.6. The van der Waals surface area contributed by atoms with Gasteiger partial charge in [0, 0.05) is 21.6 Å². The first-order valence-electron chi connectivity index (χ1n) is 6.72. The summed E-state index contributed by atoms with van der Waals surface area (Å²) in [7, 11) is 0. The molecule has 0 heterocycles. The van der Waals surface area contributed by atoms with Crippen LogP contribution in [0.5, 0.6) is 0 Å². The zero-order valence-corrected chi connectivity index (χ0v) is 12.4. The maximum Gasteiger partial charge on any atom is 0.168 e. The van der Waals surface area contributed by atoms with E-state index < -0.39 is 0 Å². The molecule has 2 unspecified atom stereocenters. The fourth-order valence-electron chi connectivity index (χ4n) is 3.00. The first kappa shape index (κ1) is 13.6. The van der Waals surface area contributed by atoms with E-state index in [-0.39, 0.29) is 11.7 Å². The van der Waals surface area contributed by atoms with Gasteiger partial charge in [-0.2, -0.15) is 0 Å². The number of nitrogen functional groups attached to an aromatic ring is 1. The van der Waals surface area contributed by atoms with E-state index in [4.69, 9.17) is 5.73 Å². The van der Waals surface area contributed by atoms with Gasteiger partial charge in [-0.25, -0.2) is 0 Å². The van der Waals surface area contributed by atoms with Crippen molar-refractivity contribution in [2.24, 2.45) is 11.8 Å². The Balaban J connectivity index is 2.24. The lowest BCUT2D eigenvalue weighted by molar-refractivity contribution is 0.0821. The van der Waals surface area contributed by atoms with Crippen molar-refractivity contribution in [1.29, 1.82) is 0 Å². The van der Waals surface area contributed by atoms with Crippen LogP contribution >= 0.6 is 15.9 Å². The number of hydrogen-bond acceptors (Lipinski definition) is 2. The lowest BCUT2D eigenvalue weighted by Crippen LogP contribution is -2.27. The molecule has 0 saturated heterocycles. The highest BCUT2D eigenvalue weighted by molar-refractivity contribution is 9.10. The van der Waals surface area contributed by atoms with E-state index >= 15 is 0 Å². The predicted molar refractivity (Wildman–Crippen MR) is 78.6 cm³/mol. The molecule has 0 amide bonds. The summed E-state index contributed by atoms with van der Waals surface area (Å²) in [6.07, 6.45) is 5.73. The van der Waals surface area contributed by atoms with Gasteiger partial charge in [0.1, 0.15) is 0 Å². The summed E-state index contributed by atoms with van der Waals surface area (Å²) in [5, 5.41) is 0. The molecule has 98 valence electrons. The molecule has 0 spiro atoms. The molecule has 0 bridgehead atoms. The van der Waals surface area contributed by atoms with Crippen LogP contribution in [0.4, 0.5) is 5.69 Å². The number of ketones is 1. The number of Topliss-reactive ketones (excluding diaryl/α,β-unsaturated/α-hetero) is 1. The average molecular weight is 310 g/mol. The minimum Gasteiger partial charge on any atom is -0.398 e. The highest BCUT2D eigenvalue weighted by atomic mass is 79.9. The van der Waals surface area contributed by atoms with Crippen LogP contribution in [0.2, 0.25) is 0 Å². The van der Waals surface area contributed by atoms with Crippen molar-refractivity contribution >= 4 is 27.4 Å². The molecule has 1 aliphatic rings. The quantitative estimate of drug-likeness (QED) is 0.663. The molecule has 3 heteroatoms. The van der Waals surface area contributed by atoms with Crippen LogP contribution < -0.4 is 5.73 Å². The fourth-order valence-corrected chi connectivity index (χ4v) is 3.38. The molecule has 18 heavy (non-hydrogen) atoms. The maximum absolute atomic E-state index is 12.6. The Morgan fingerprint density at radius 1 is 1.39 bits per heavy atom. The Kier molecular flexibility index (Phi) is 4.44. The standard InChI is InChI=1S/C15H20BrNO/c1-2-10-5-3-4-6-12(10)15(18)13-8-7-11(16)9-14(13)17/h7-10,12H,2-6,17H2,1H3. The molecule has 2 atom stereocenters. The normalized spacial score (nSPS) is 23.9. The summed E-state index contributed by atoms with van der Waals surface area (Å²) in [5.41, 5.74) is 7.26. The molecule has 1 saturated carbocycles. The minimum atomic E-state index is 0.173. The van der Waals surface area contributed by atoms with Gasteiger partial charge in [0.2, 0.25) is 0 Å². The largest absolute Gasteiger partial charge is 0.398 e. The molecular weight excluding hydrogens is 290 g/mol. The highest BCUT2D eigenvalue weighted by Crippen LogP contribution is 2.35. The summed E-state index contributed by atoms with van der Waals surface area (Å²) in [6, 6.07) is 5.56. The Morgan fingerprint density at radius 3 is 2.78 bits per heavy atom. The van der Waals surface area contributed by atoms with Crippen LogP contribution in [0.15, 0.2) is 22.7 Å². The van der Waals surface area contributed by atoms with Gasteiger partial charge >= 0.3 is 0 Å². The Bertz CT molecular complexity index is 444. The summed E-state index contributed by atoms with van der Waals surface area (Å²) < 4.78 is 0.923. The van der Waals surface area contributed by atoms with E-state index in [9.17, 15) is 4.79 Å². The number of carbonyl (C=O) groups excluding carboxylic acids is 1. The molecule has 2 N–H and O–H groups in total. The van der Waals surface area contributed by atoms with Crippen molar-refractivity contribution < 1.29 is 4.79 Å². The highest BCUT2D eigenvalue weighted by Gasteiger charge is 2.30. The molecule has 1 aliphatic carbocycles. The Morgan fingerprint density at radius 2 is 2.11 bits per heavy atom. The van der Waals surface area contributed by atoms with Gasteiger partial charge in [0.25, 0.3) is 0 Å². The number of halogens is 1. The minimum absolute atomic E-state index is 0.173. The molecule has 2 nitrogen and oxygen atoms in total. The van der Waals surface area contributed by atoms with E-state index in [0.29, 0.717) is 17.2 Å². The third kappa shape index (κ3) is 2.77. The molecule has 0 radical (unpaired) electrons. The Labute approximate surface area is 117 Å². The van der Waals surface area contributed by atoms with E-state index in [0.717, 1.165) is 17.3 Å². The van der Waals surface area contributed by atoms with E-state index in [1.165, 1.54) is 19.3 Å². The summed E-state index contributed by atoms with van der Waals surface area (Å²) in [5.74, 6) is 0.952. The molecule has 0 aromatic heterocycles. The Hall–Kier alpha value is -0.830. The van der Waals surface area contributed by atoms with Crippen LogP contribution in [0.1, 0.15) is 49.4 Å². The smallest absolute Gasteiger partial charge is 0.168 e. The number of benzene rings is 1. The first-order chi connectivity index (χ1) is 8.63. The van der Waals surface area contributed by atoms with Crippen molar-refractivity contribution in [3.05, 3.63) is 28.2 Å². The fraction of sp³-hybridized carbons (Fsp3) is 0.533. The maximum atomic E-state index is 12.6. The van der Waals surface area contributed by atoms with Gasteiger partial charge in [-0.3, -0.25) is 4.79 Å². The lowest BCUT2D eigenvalue weighted by Gasteiger charge is -2.30. The van der Waals surface area contributed by atoms with Gasteiger partial charge in [0.15, 0.2) is 5.78 Å². The van der Waals surface area contributed by atoms with Crippen molar-refractivity contribution in [1.82, 2.24) is 0 Å². The molecule has 1 aromatic carbocycles. The summed E-state index contributed by atoms with van der Waals surface area (Å²) >= 11 is 3.38. The third-order valence-corrected chi connectivity index (χ3v) is 4.54. The van der Waals surface area contributed by atoms with Crippen molar-refractivity contribution in [3.63, 3.8) is 0 Å². The number of rotatable bonds is 3. The molecule has 1 aromatic rings. The number of anilines is 1. The van der Waals surface area contributed by atoms with Crippen LogP contribution in [0, 0.1) is 11.8 Å². The topological polar surface area (TPSA) is 43.1 Å². The van der Waals surface area contributed by atoms with Crippen molar-refractivity contribution in [2.45, 2.75) is 39.0 Å². The number of nitrogens with two attached hydrogens (primary N) is 1. The van der Waals surface area contributed by atoms with Gasteiger partial charge in [-0.05, 0) is 37.0 Å². The van der Waals surface area contributed by atoms with E-state index in [2.05, 4.69) is 22.9 Å². The van der Waals surface area contributed by atoms with Gasteiger partial charge in [-0.1, -0.05) is 42.1 Å². The van der Waals surface area contributed by atoms with Crippen molar-refractivity contribution in [3.8, 4) is 0 Å². The molecular formula is C15H20BrNO. The number of hydrogen-bond donors (Lipinski definition) is 1. The molecule has 0 aliphatic heterocycles. The van der Waals surface area contributed by atoms with Gasteiger partial charge in [-0.15, -0.1) is 0 Å². The SMILES string of the molecule is CCC1CCCCC1C(=O)c1ccc(Br)cc1N. The van der Waals surface area contributed by atoms with Crippen LogP contribution in [-0.2, 0) is 0 Å². The second-order valence-electron chi connectivity index (χ2n) is 5.16. The zero-order chi connectivity index (χ0) is 13.1. The van der Waals surface area contributed by atoms with E-state index in [1.54, 1.807) is 0 Å². The average Bonchev–Trinajstić information content (AvgIpc) is 2.38. The molecule has 1 fully saturated rings. The van der Waals surface area contributed by atoms with Crippen LogP contribution in [-0.4, -0.2) is 5.78 Å².